The predicted molar refractivity (Wildman–Crippen MR) is 103 cm³/mol. The van der Waals surface area contributed by atoms with Crippen LogP contribution in [0.15, 0.2) is 55.0 Å². The van der Waals surface area contributed by atoms with E-state index in [4.69, 9.17) is 4.74 Å². The fourth-order valence-corrected chi connectivity index (χ4v) is 3.01. The maximum Gasteiger partial charge on any atom is 0.137 e. The molecular formula is C21H18F2N4O. The third kappa shape index (κ3) is 3.78. The number of rotatable bonds is 6. The van der Waals surface area contributed by atoms with Crippen molar-refractivity contribution >= 4 is 16.9 Å². The van der Waals surface area contributed by atoms with Crippen molar-refractivity contribution in [3.63, 3.8) is 0 Å². The molecule has 0 aliphatic carbocycles. The number of hydrogen-bond donors (Lipinski definition) is 2. The standard InChI is InChI=1S/C21H18F2N4O/c1-28-17-8-18-14(10-26-21(18)27-12-17)6-13-2-5-20(24-9-13)25-11-15-7-16(22)3-4-19(15)23/h2-5,7-10,12H,6,11H2,1H3,(H,24,25)(H,26,27). The molecule has 0 saturated heterocycles. The van der Waals surface area contributed by atoms with Crippen molar-refractivity contribution in [2.24, 2.45) is 0 Å². The molecule has 0 saturated carbocycles. The maximum atomic E-state index is 13.7. The molecule has 2 N–H and O–H groups in total. The molecule has 0 fully saturated rings. The van der Waals surface area contributed by atoms with Gasteiger partial charge in [-0.05, 0) is 41.5 Å². The molecule has 4 rings (SSSR count). The molecule has 0 unspecified atom stereocenters. The molecule has 5 nitrogen and oxygen atoms in total. The Balaban J connectivity index is 1.46. The van der Waals surface area contributed by atoms with Crippen LogP contribution < -0.4 is 10.1 Å². The number of aromatic nitrogens is 3. The van der Waals surface area contributed by atoms with Crippen molar-refractivity contribution < 1.29 is 13.5 Å². The first-order chi connectivity index (χ1) is 13.6. The van der Waals surface area contributed by atoms with Gasteiger partial charge in [-0.15, -0.1) is 0 Å². The molecule has 4 aromatic rings. The molecule has 28 heavy (non-hydrogen) atoms. The van der Waals surface area contributed by atoms with Crippen molar-refractivity contribution in [1.29, 1.82) is 0 Å². The van der Waals surface area contributed by atoms with Crippen molar-refractivity contribution in [2.75, 3.05) is 12.4 Å². The van der Waals surface area contributed by atoms with E-state index in [2.05, 4.69) is 20.3 Å². The molecule has 7 heteroatoms. The lowest BCUT2D eigenvalue weighted by Crippen LogP contribution is -2.04. The van der Waals surface area contributed by atoms with E-state index in [1.807, 2.05) is 24.4 Å². The summed E-state index contributed by atoms with van der Waals surface area (Å²) in [5.74, 6) is 0.380. The maximum absolute atomic E-state index is 13.7. The Kier molecular flexibility index (Phi) is 4.89. The van der Waals surface area contributed by atoms with E-state index in [0.717, 1.165) is 34.3 Å². The van der Waals surface area contributed by atoms with Crippen molar-refractivity contribution in [3.8, 4) is 5.75 Å². The predicted octanol–water partition coefficient (Wildman–Crippen LogP) is 4.45. The second-order valence-corrected chi connectivity index (χ2v) is 6.40. The number of methoxy groups -OCH3 is 1. The normalized spacial score (nSPS) is 11.0. The van der Waals surface area contributed by atoms with E-state index in [0.29, 0.717) is 18.0 Å². The number of benzene rings is 1. The minimum Gasteiger partial charge on any atom is -0.495 e. The third-order valence-corrected chi connectivity index (χ3v) is 4.51. The van der Waals surface area contributed by atoms with E-state index in [1.54, 1.807) is 19.5 Å². The Hall–Kier alpha value is -3.48. The summed E-state index contributed by atoms with van der Waals surface area (Å²) in [6.45, 7) is 0.157. The highest BCUT2D eigenvalue weighted by atomic mass is 19.1. The minimum atomic E-state index is -0.466. The van der Waals surface area contributed by atoms with Gasteiger partial charge in [-0.2, -0.15) is 0 Å². The number of nitrogens with zero attached hydrogens (tertiary/aromatic N) is 2. The summed E-state index contributed by atoms with van der Waals surface area (Å²) in [4.78, 5) is 11.8. The van der Waals surface area contributed by atoms with E-state index in [9.17, 15) is 8.78 Å². The van der Waals surface area contributed by atoms with Crippen LogP contribution in [0.25, 0.3) is 11.0 Å². The van der Waals surface area contributed by atoms with Gasteiger partial charge < -0.3 is 15.0 Å². The van der Waals surface area contributed by atoms with Gasteiger partial charge in [-0.3, -0.25) is 0 Å². The van der Waals surface area contributed by atoms with Gasteiger partial charge in [0, 0.05) is 36.3 Å². The Labute approximate surface area is 160 Å². The van der Waals surface area contributed by atoms with E-state index < -0.39 is 11.6 Å². The van der Waals surface area contributed by atoms with Crippen LogP contribution in [-0.2, 0) is 13.0 Å². The molecule has 142 valence electrons. The van der Waals surface area contributed by atoms with Gasteiger partial charge in [0.1, 0.15) is 28.8 Å². The van der Waals surface area contributed by atoms with Crippen LogP contribution in [-0.4, -0.2) is 22.1 Å². The summed E-state index contributed by atoms with van der Waals surface area (Å²) in [6, 6.07) is 9.11. The van der Waals surface area contributed by atoms with Gasteiger partial charge in [-0.1, -0.05) is 6.07 Å². The van der Waals surface area contributed by atoms with Crippen LogP contribution in [0.1, 0.15) is 16.7 Å². The van der Waals surface area contributed by atoms with Gasteiger partial charge >= 0.3 is 0 Å². The number of halogens is 2. The zero-order chi connectivity index (χ0) is 19.5. The molecule has 0 bridgehead atoms. The summed E-state index contributed by atoms with van der Waals surface area (Å²) in [5.41, 5.74) is 3.17. The molecule has 0 aliphatic rings. The number of ether oxygens (including phenoxy) is 1. The van der Waals surface area contributed by atoms with Crippen LogP contribution in [0.2, 0.25) is 0 Å². The first kappa shape index (κ1) is 17.9. The summed E-state index contributed by atoms with van der Waals surface area (Å²) in [7, 11) is 1.61. The van der Waals surface area contributed by atoms with Crippen LogP contribution in [0.4, 0.5) is 14.6 Å². The van der Waals surface area contributed by atoms with Crippen LogP contribution >= 0.6 is 0 Å². The summed E-state index contributed by atoms with van der Waals surface area (Å²) >= 11 is 0. The zero-order valence-corrected chi connectivity index (χ0v) is 15.2. The van der Waals surface area contributed by atoms with E-state index in [1.165, 1.54) is 6.07 Å². The van der Waals surface area contributed by atoms with Crippen molar-refractivity contribution in [3.05, 3.63) is 83.3 Å². The van der Waals surface area contributed by atoms with Gasteiger partial charge in [-0.25, -0.2) is 18.7 Å². The zero-order valence-electron chi connectivity index (χ0n) is 15.2. The fraction of sp³-hybridized carbons (Fsp3) is 0.143. The lowest BCUT2D eigenvalue weighted by atomic mass is 10.1. The summed E-state index contributed by atoms with van der Waals surface area (Å²) in [5, 5.41) is 4.01. The number of H-pyrrole nitrogens is 1. The van der Waals surface area contributed by atoms with Gasteiger partial charge in [0.15, 0.2) is 0 Å². The fourth-order valence-electron chi connectivity index (χ4n) is 3.01. The van der Waals surface area contributed by atoms with Crippen LogP contribution in [0.5, 0.6) is 5.75 Å². The number of fused-ring (bicyclic) bond motifs is 1. The Bertz CT molecular complexity index is 1110. The van der Waals surface area contributed by atoms with Gasteiger partial charge in [0.2, 0.25) is 0 Å². The molecule has 0 radical (unpaired) electrons. The first-order valence-electron chi connectivity index (χ1n) is 8.75. The molecule has 1 aromatic carbocycles. The van der Waals surface area contributed by atoms with E-state index >= 15 is 0 Å². The highest BCUT2D eigenvalue weighted by Crippen LogP contribution is 2.23. The van der Waals surface area contributed by atoms with E-state index in [-0.39, 0.29) is 12.1 Å². The topological polar surface area (TPSA) is 62.8 Å². The third-order valence-electron chi connectivity index (χ3n) is 4.51. The molecule has 3 heterocycles. The molecule has 0 amide bonds. The van der Waals surface area contributed by atoms with Crippen molar-refractivity contribution in [1.82, 2.24) is 15.0 Å². The highest BCUT2D eigenvalue weighted by Gasteiger charge is 2.08. The SMILES string of the molecule is COc1cnc2[nH]cc(Cc3ccc(NCc4cc(F)ccc4F)nc3)c2c1. The number of pyridine rings is 2. The Morgan fingerprint density at radius 3 is 2.71 bits per heavy atom. The van der Waals surface area contributed by atoms with Crippen LogP contribution in [0, 0.1) is 11.6 Å². The smallest absolute Gasteiger partial charge is 0.137 e. The average Bonchev–Trinajstić information content (AvgIpc) is 3.11. The number of aromatic amines is 1. The molecule has 0 spiro atoms. The lowest BCUT2D eigenvalue weighted by Gasteiger charge is -2.08. The highest BCUT2D eigenvalue weighted by molar-refractivity contribution is 5.81. The Morgan fingerprint density at radius 2 is 1.93 bits per heavy atom. The average molecular weight is 380 g/mol. The van der Waals surface area contributed by atoms with Crippen molar-refractivity contribution in [2.45, 2.75) is 13.0 Å². The summed E-state index contributed by atoms with van der Waals surface area (Å²) < 4.78 is 32.2. The first-order valence-corrected chi connectivity index (χ1v) is 8.75. The lowest BCUT2D eigenvalue weighted by molar-refractivity contribution is 0.413. The molecule has 0 atom stereocenters. The number of anilines is 1. The molecule has 0 aliphatic heterocycles. The monoisotopic (exact) mass is 380 g/mol. The Morgan fingerprint density at radius 1 is 1.04 bits per heavy atom. The minimum absolute atomic E-state index is 0.157. The number of nitrogens with one attached hydrogen (secondary N) is 2. The molecular weight excluding hydrogens is 362 g/mol. The second-order valence-electron chi connectivity index (χ2n) is 6.40. The summed E-state index contributed by atoms with van der Waals surface area (Å²) in [6.07, 6.45) is 6.04. The van der Waals surface area contributed by atoms with Gasteiger partial charge in [0.05, 0.1) is 13.3 Å². The largest absolute Gasteiger partial charge is 0.495 e. The van der Waals surface area contributed by atoms with Crippen LogP contribution in [0.3, 0.4) is 0 Å². The quantitative estimate of drug-likeness (QED) is 0.519. The number of hydrogen-bond acceptors (Lipinski definition) is 4. The molecule has 3 aromatic heterocycles. The second kappa shape index (κ2) is 7.64. The van der Waals surface area contributed by atoms with Gasteiger partial charge in [0.25, 0.3) is 0 Å².